The van der Waals surface area contributed by atoms with Gasteiger partial charge in [-0.25, -0.2) is 0 Å². The van der Waals surface area contributed by atoms with Crippen LogP contribution < -0.4 is 4.74 Å². The Kier molecular flexibility index (Phi) is 12.9. The van der Waals surface area contributed by atoms with E-state index in [9.17, 15) is 13.2 Å². The van der Waals surface area contributed by atoms with Crippen molar-refractivity contribution < 1.29 is 17.9 Å². The highest BCUT2D eigenvalue weighted by Crippen LogP contribution is 2.36. The van der Waals surface area contributed by atoms with Crippen LogP contribution >= 0.6 is 0 Å². The smallest absolute Gasteiger partial charge is 0.406 e. The van der Waals surface area contributed by atoms with Crippen LogP contribution in [0.15, 0.2) is 24.3 Å². The molecule has 5 heteroatoms. The Bertz CT molecular complexity index is 663. The van der Waals surface area contributed by atoms with Crippen LogP contribution in [0.5, 0.6) is 5.75 Å². The molecule has 0 spiro atoms. The molecule has 1 aromatic rings. The lowest BCUT2D eigenvalue weighted by atomic mass is 9.57. The van der Waals surface area contributed by atoms with E-state index in [4.69, 9.17) is 0 Å². The van der Waals surface area contributed by atoms with Gasteiger partial charge in [0.1, 0.15) is 13.0 Å². The van der Waals surface area contributed by atoms with Crippen molar-refractivity contribution in [2.75, 3.05) is 0 Å². The summed E-state index contributed by atoms with van der Waals surface area (Å²) in [5.41, 5.74) is 1.06. The summed E-state index contributed by atoms with van der Waals surface area (Å²) in [6, 6.07) is 6.38. The van der Waals surface area contributed by atoms with Gasteiger partial charge in [0.25, 0.3) is 0 Å². The van der Waals surface area contributed by atoms with E-state index in [1.165, 1.54) is 134 Å². The van der Waals surface area contributed by atoms with Gasteiger partial charge in [-0.3, -0.25) is 0 Å². The summed E-state index contributed by atoms with van der Waals surface area (Å²) in [6.45, 7) is 0. The highest BCUT2D eigenvalue weighted by atomic mass is 19.4. The third-order valence-corrected chi connectivity index (χ3v) is 8.46. The fourth-order valence-electron chi connectivity index (χ4n) is 6.42. The summed E-state index contributed by atoms with van der Waals surface area (Å²) in [7, 11) is 2.42. The van der Waals surface area contributed by atoms with Crippen LogP contribution in [0, 0.1) is 11.8 Å². The molecule has 2 saturated carbocycles. The summed E-state index contributed by atoms with van der Waals surface area (Å²) in [5, 5.41) is 0. The number of hydrogen-bond donors (Lipinski definition) is 0. The summed E-state index contributed by atoms with van der Waals surface area (Å²) in [4.78, 5) is 0. The number of rotatable bonds is 5. The van der Waals surface area contributed by atoms with Crippen molar-refractivity contribution in [1.82, 2.24) is 0 Å². The molecular weight excluding hydrogens is 444 g/mol. The van der Waals surface area contributed by atoms with E-state index in [-0.39, 0.29) is 5.75 Å². The lowest BCUT2D eigenvalue weighted by Crippen LogP contribution is -2.18. The molecular formula is C30H47BF3O. The van der Waals surface area contributed by atoms with Gasteiger partial charge in [-0.05, 0) is 24.0 Å². The first-order valence-corrected chi connectivity index (χ1v) is 14.7. The second kappa shape index (κ2) is 15.9. The normalized spacial score (nSPS) is 25.1. The minimum absolute atomic E-state index is 0.141. The van der Waals surface area contributed by atoms with E-state index in [1.807, 2.05) is 0 Å². The molecule has 1 radical (unpaired) electrons. The minimum Gasteiger partial charge on any atom is -0.406 e. The van der Waals surface area contributed by atoms with Crippen LogP contribution in [-0.2, 0) is 6.32 Å². The zero-order valence-corrected chi connectivity index (χ0v) is 21.8. The molecule has 1 aromatic carbocycles. The van der Waals surface area contributed by atoms with Gasteiger partial charge < -0.3 is 4.74 Å². The number of halogens is 3. The maximum Gasteiger partial charge on any atom is 0.573 e. The Hall–Kier alpha value is -1.13. The molecule has 35 heavy (non-hydrogen) atoms. The van der Waals surface area contributed by atoms with Gasteiger partial charge in [-0.1, -0.05) is 152 Å². The molecule has 0 bridgehead atoms. The standard InChI is InChI=1S/C30H47BF3O/c32-30(33,34)35-29-22-20-25(21-23-29)24-31-28-18-12-8-11-16-27(17-13-19-28)26-14-9-6-4-2-1-3-5-7-10-15-26/h20-23,26-28H,1-19,24H2. The molecule has 3 rings (SSSR count). The number of hydrogen-bond acceptors (Lipinski definition) is 1. The van der Waals surface area contributed by atoms with Gasteiger partial charge in [-0.2, -0.15) is 0 Å². The van der Waals surface area contributed by atoms with Crippen LogP contribution in [0.25, 0.3) is 0 Å². The Morgan fingerprint density at radius 1 is 0.600 bits per heavy atom. The largest absolute Gasteiger partial charge is 0.573 e. The van der Waals surface area contributed by atoms with Crippen molar-refractivity contribution in [2.45, 2.75) is 140 Å². The van der Waals surface area contributed by atoms with Crippen LogP contribution in [0.2, 0.25) is 5.82 Å². The predicted octanol–water partition coefficient (Wildman–Crippen LogP) is 10.2. The van der Waals surface area contributed by atoms with Crippen molar-refractivity contribution in [3.05, 3.63) is 29.8 Å². The fourth-order valence-corrected chi connectivity index (χ4v) is 6.42. The van der Waals surface area contributed by atoms with Gasteiger partial charge in [0, 0.05) is 0 Å². The summed E-state index contributed by atoms with van der Waals surface area (Å²) >= 11 is 0. The molecule has 1 nitrogen and oxygen atoms in total. The Labute approximate surface area is 213 Å². The van der Waals surface area contributed by atoms with E-state index in [0.717, 1.165) is 23.7 Å². The van der Waals surface area contributed by atoms with Crippen molar-refractivity contribution in [3.8, 4) is 5.75 Å². The second-order valence-corrected chi connectivity index (χ2v) is 11.2. The molecule has 2 aliphatic carbocycles. The Morgan fingerprint density at radius 2 is 1.03 bits per heavy atom. The van der Waals surface area contributed by atoms with Gasteiger partial charge in [0.05, 0.1) is 0 Å². The Morgan fingerprint density at radius 3 is 1.57 bits per heavy atom. The zero-order valence-electron chi connectivity index (χ0n) is 21.8. The highest BCUT2D eigenvalue weighted by molar-refractivity contribution is 6.37. The first-order chi connectivity index (χ1) is 17.0. The first-order valence-electron chi connectivity index (χ1n) is 14.7. The molecule has 0 saturated heterocycles. The summed E-state index contributed by atoms with van der Waals surface area (Å²) in [6.07, 6.45) is 22.7. The monoisotopic (exact) mass is 491 g/mol. The van der Waals surface area contributed by atoms with Gasteiger partial charge in [0.15, 0.2) is 0 Å². The van der Waals surface area contributed by atoms with Crippen LogP contribution in [0.1, 0.15) is 128 Å². The molecule has 197 valence electrons. The summed E-state index contributed by atoms with van der Waals surface area (Å²) < 4.78 is 41.2. The average molecular weight is 492 g/mol. The van der Waals surface area contributed by atoms with Gasteiger partial charge in [-0.15, -0.1) is 13.2 Å². The van der Waals surface area contributed by atoms with Gasteiger partial charge in [0.2, 0.25) is 0 Å². The second-order valence-electron chi connectivity index (χ2n) is 11.2. The van der Waals surface area contributed by atoms with E-state index in [1.54, 1.807) is 12.1 Å². The number of benzene rings is 1. The van der Waals surface area contributed by atoms with E-state index in [2.05, 4.69) is 12.0 Å². The molecule has 0 heterocycles. The van der Waals surface area contributed by atoms with E-state index in [0.29, 0.717) is 5.82 Å². The van der Waals surface area contributed by atoms with Crippen molar-refractivity contribution in [3.63, 3.8) is 0 Å². The molecule has 0 N–H and O–H groups in total. The minimum atomic E-state index is -4.63. The van der Waals surface area contributed by atoms with Crippen molar-refractivity contribution >= 4 is 7.28 Å². The average Bonchev–Trinajstić information content (AvgIpc) is 2.81. The molecule has 2 aliphatic rings. The molecule has 0 aromatic heterocycles. The highest BCUT2D eigenvalue weighted by Gasteiger charge is 2.31. The van der Waals surface area contributed by atoms with Crippen molar-refractivity contribution in [1.29, 1.82) is 0 Å². The van der Waals surface area contributed by atoms with E-state index < -0.39 is 6.36 Å². The molecule has 0 amide bonds. The maximum absolute atomic E-state index is 12.4. The number of alkyl halides is 3. The number of ether oxygens (including phenoxy) is 1. The summed E-state index contributed by atoms with van der Waals surface area (Å²) in [5.74, 6) is 2.33. The molecule has 2 fully saturated rings. The Balaban J connectivity index is 1.46. The molecule has 2 atom stereocenters. The topological polar surface area (TPSA) is 9.23 Å². The molecule has 2 unspecified atom stereocenters. The maximum atomic E-state index is 12.4. The third kappa shape index (κ3) is 12.1. The van der Waals surface area contributed by atoms with Crippen molar-refractivity contribution in [2.24, 2.45) is 11.8 Å². The SMILES string of the molecule is FC(F)(F)Oc1ccc(C[B]C2CCCCCC(C3CCCCCCCCCCC3)CCC2)cc1. The predicted molar refractivity (Wildman–Crippen MR) is 141 cm³/mol. The van der Waals surface area contributed by atoms with Crippen LogP contribution in [-0.4, -0.2) is 13.6 Å². The third-order valence-electron chi connectivity index (χ3n) is 8.46. The fraction of sp³-hybridized carbons (Fsp3) is 0.800. The lowest BCUT2D eigenvalue weighted by Gasteiger charge is -2.30. The van der Waals surface area contributed by atoms with Crippen LogP contribution in [0.4, 0.5) is 13.2 Å². The van der Waals surface area contributed by atoms with Crippen LogP contribution in [0.3, 0.4) is 0 Å². The zero-order chi connectivity index (χ0) is 24.8. The van der Waals surface area contributed by atoms with Gasteiger partial charge >= 0.3 is 6.36 Å². The first kappa shape index (κ1) is 28.4. The van der Waals surface area contributed by atoms with E-state index >= 15 is 0 Å². The molecule has 0 aliphatic heterocycles. The lowest BCUT2D eigenvalue weighted by molar-refractivity contribution is -0.274. The quantitative estimate of drug-likeness (QED) is 0.372.